The van der Waals surface area contributed by atoms with Gasteiger partial charge in [0.1, 0.15) is 6.10 Å². The summed E-state index contributed by atoms with van der Waals surface area (Å²) < 4.78 is 16.6. The van der Waals surface area contributed by atoms with Crippen molar-refractivity contribution in [3.05, 3.63) is 11.1 Å². The second-order valence-electron chi connectivity index (χ2n) is 17.3. The van der Waals surface area contributed by atoms with E-state index in [2.05, 4.69) is 89.3 Å². The first kappa shape index (κ1) is 39.3. The van der Waals surface area contributed by atoms with Gasteiger partial charge in [-0.05, 0) is 131 Å². The van der Waals surface area contributed by atoms with E-state index >= 15 is 0 Å². The van der Waals surface area contributed by atoms with Gasteiger partial charge in [-0.3, -0.25) is 9.59 Å². The molecule has 4 aliphatic rings. The van der Waals surface area contributed by atoms with Crippen molar-refractivity contribution < 1.29 is 33.7 Å². The van der Waals surface area contributed by atoms with Crippen LogP contribution in [0.2, 0.25) is 0 Å². The largest absolute Gasteiger partial charge is 0.462 e. The minimum atomic E-state index is -0.704. The molecule has 11 atom stereocenters. The Kier molecular flexibility index (Phi) is 11.7. The average molecular weight is 854 g/mol. The van der Waals surface area contributed by atoms with Crippen molar-refractivity contribution in [3.63, 3.8) is 0 Å². The number of hydrogen-bond acceptors (Lipinski definition) is 7. The van der Waals surface area contributed by atoms with E-state index in [0.29, 0.717) is 30.8 Å². The number of carbonyl (C=O) groups excluding carboxylic acids is 3. The fraction of sp³-hybridized carbons (Fsp3) is 0.865. The van der Waals surface area contributed by atoms with Gasteiger partial charge in [-0.2, -0.15) is 0 Å². The number of esters is 3. The highest BCUT2D eigenvalue weighted by molar-refractivity contribution is 9.12. The standard InChI is InChI=1S/C37H57Br3O7/c1-20-23-13-16-36(9)30(35(23,8)15-14-27(20)47-21(2)41)26(42)17-24-29(25(38)18-37(24,36)10)22(11-12-28(39)34(6,7)40)31(43)45-19-46-32(44)33(3,4)5/h20,23-28,30,42H,11-19H2,1-10H3/b29-22-/t20-,23?,24?,25+,26+,27+,28?,30?,35-,36-,37-/m0/s1. The number of rotatable bonds is 8. The molecule has 4 saturated carbocycles. The molecule has 268 valence electrons. The summed E-state index contributed by atoms with van der Waals surface area (Å²) in [7, 11) is 0. The van der Waals surface area contributed by atoms with Crippen LogP contribution in [0.5, 0.6) is 0 Å². The van der Waals surface area contributed by atoms with Crippen molar-refractivity contribution in [3.8, 4) is 0 Å². The Balaban J connectivity index is 1.70. The van der Waals surface area contributed by atoms with E-state index in [-0.39, 0.29) is 60.1 Å². The number of hydrogen-bond donors (Lipinski definition) is 1. The smallest absolute Gasteiger partial charge is 0.336 e. The molecule has 47 heavy (non-hydrogen) atoms. The lowest BCUT2D eigenvalue weighted by molar-refractivity contribution is -0.235. The maximum absolute atomic E-state index is 14.0. The minimum Gasteiger partial charge on any atom is -0.462 e. The van der Waals surface area contributed by atoms with E-state index in [0.717, 1.165) is 37.7 Å². The molecular formula is C37H57Br3O7. The Morgan fingerprint density at radius 3 is 2.23 bits per heavy atom. The Morgan fingerprint density at radius 1 is 1.02 bits per heavy atom. The third-order valence-corrected chi connectivity index (χ3v) is 16.5. The summed E-state index contributed by atoms with van der Waals surface area (Å²) in [6, 6.07) is 0. The van der Waals surface area contributed by atoms with Crippen LogP contribution in [-0.2, 0) is 28.6 Å². The summed E-state index contributed by atoms with van der Waals surface area (Å²) >= 11 is 11.6. The van der Waals surface area contributed by atoms with Crippen LogP contribution in [-0.4, -0.2) is 56.0 Å². The van der Waals surface area contributed by atoms with E-state index in [1.54, 1.807) is 20.8 Å². The van der Waals surface area contributed by atoms with E-state index in [4.69, 9.17) is 14.2 Å². The predicted molar refractivity (Wildman–Crippen MR) is 194 cm³/mol. The number of allylic oxidation sites excluding steroid dienone is 1. The third kappa shape index (κ3) is 7.33. The molecule has 0 amide bonds. The topological polar surface area (TPSA) is 99.1 Å². The van der Waals surface area contributed by atoms with Crippen LogP contribution >= 0.6 is 47.8 Å². The maximum Gasteiger partial charge on any atom is 0.336 e. The molecule has 0 spiro atoms. The Labute approximate surface area is 307 Å². The fourth-order valence-corrected chi connectivity index (χ4v) is 12.1. The number of halogens is 3. The summed E-state index contributed by atoms with van der Waals surface area (Å²) in [6.45, 7) is 19.9. The Hall–Kier alpha value is -0.450. The summed E-state index contributed by atoms with van der Waals surface area (Å²) in [5, 5.41) is 12.3. The molecular weight excluding hydrogens is 796 g/mol. The van der Waals surface area contributed by atoms with Crippen LogP contribution in [0.4, 0.5) is 0 Å². The highest BCUT2D eigenvalue weighted by Gasteiger charge is 2.70. The molecule has 0 bridgehead atoms. The SMILES string of the molecule is CC(=O)O[C@@H]1CC[C@@]2(C)C(CC[C@@]3(C)C2[C@H](O)CC2/C(=C(\CCC(Br)C(C)(C)Br)C(=O)OCOC(=O)C(C)(C)C)[C@H](Br)C[C@@]23C)[C@@H]1C. The lowest BCUT2D eigenvalue weighted by atomic mass is 9.36. The normalized spacial score (nSPS) is 40.3. The monoisotopic (exact) mass is 850 g/mol. The van der Waals surface area contributed by atoms with Crippen molar-refractivity contribution in [1.29, 1.82) is 0 Å². The zero-order chi connectivity index (χ0) is 35.5. The number of fused-ring (bicyclic) bond motifs is 5. The number of carbonyl (C=O) groups is 3. The number of alkyl halides is 3. The van der Waals surface area contributed by atoms with Gasteiger partial charge >= 0.3 is 17.9 Å². The summed E-state index contributed by atoms with van der Waals surface area (Å²) in [4.78, 5) is 38.3. The number of aliphatic hydroxyl groups excluding tert-OH is 1. The molecule has 4 fully saturated rings. The van der Waals surface area contributed by atoms with Crippen LogP contribution in [0.3, 0.4) is 0 Å². The van der Waals surface area contributed by atoms with Gasteiger partial charge in [-0.25, -0.2) is 4.79 Å². The number of aliphatic hydroxyl groups is 1. The minimum absolute atomic E-state index is 0.0106. The van der Waals surface area contributed by atoms with Gasteiger partial charge in [0.2, 0.25) is 6.79 Å². The van der Waals surface area contributed by atoms with Gasteiger partial charge in [0.15, 0.2) is 0 Å². The number of ether oxygens (including phenoxy) is 3. The first-order chi connectivity index (χ1) is 21.5. The predicted octanol–water partition coefficient (Wildman–Crippen LogP) is 9.04. The van der Waals surface area contributed by atoms with Gasteiger partial charge in [-0.15, -0.1) is 0 Å². The maximum atomic E-state index is 14.0. The van der Waals surface area contributed by atoms with Crippen LogP contribution in [0.25, 0.3) is 0 Å². The molecule has 0 aromatic heterocycles. The van der Waals surface area contributed by atoms with Gasteiger partial charge < -0.3 is 19.3 Å². The summed E-state index contributed by atoms with van der Waals surface area (Å²) in [5.74, 6) is -0.450. The molecule has 0 aliphatic heterocycles. The molecule has 10 heteroatoms. The highest BCUT2D eigenvalue weighted by atomic mass is 79.9. The van der Waals surface area contributed by atoms with Crippen molar-refractivity contribution in [2.75, 3.05) is 6.79 Å². The van der Waals surface area contributed by atoms with Crippen LogP contribution in [0.1, 0.15) is 121 Å². The zero-order valence-corrected chi connectivity index (χ0v) is 34.8. The lowest BCUT2D eigenvalue weighted by Crippen LogP contribution is -2.65. The van der Waals surface area contributed by atoms with Crippen LogP contribution in [0.15, 0.2) is 11.1 Å². The van der Waals surface area contributed by atoms with Crippen molar-refractivity contribution in [2.45, 2.75) is 147 Å². The van der Waals surface area contributed by atoms with E-state index in [1.807, 2.05) is 0 Å². The molecule has 0 saturated heterocycles. The van der Waals surface area contributed by atoms with Gasteiger partial charge in [-0.1, -0.05) is 75.5 Å². The Morgan fingerprint density at radius 2 is 1.66 bits per heavy atom. The molecule has 4 unspecified atom stereocenters. The van der Waals surface area contributed by atoms with E-state index in [9.17, 15) is 19.5 Å². The van der Waals surface area contributed by atoms with Crippen molar-refractivity contribution in [1.82, 2.24) is 0 Å². The second-order valence-corrected chi connectivity index (χ2v) is 21.5. The van der Waals surface area contributed by atoms with Gasteiger partial charge in [0.05, 0.1) is 11.5 Å². The molecule has 0 radical (unpaired) electrons. The molecule has 0 heterocycles. The lowest BCUT2D eigenvalue weighted by Gasteiger charge is -2.69. The molecule has 4 rings (SSSR count). The van der Waals surface area contributed by atoms with E-state index < -0.39 is 30.3 Å². The van der Waals surface area contributed by atoms with E-state index in [1.165, 1.54) is 6.92 Å². The third-order valence-electron chi connectivity index (χ3n) is 13.0. The Bertz CT molecular complexity index is 1250. The summed E-state index contributed by atoms with van der Waals surface area (Å²) in [5.41, 5.74) is 0.521. The first-order valence-electron chi connectivity index (χ1n) is 17.4. The van der Waals surface area contributed by atoms with Crippen molar-refractivity contribution in [2.24, 2.45) is 45.3 Å². The quantitative estimate of drug-likeness (QED) is 0.113. The molecule has 7 nitrogen and oxygen atoms in total. The van der Waals surface area contributed by atoms with Gasteiger partial charge in [0, 0.05) is 26.5 Å². The van der Waals surface area contributed by atoms with Crippen molar-refractivity contribution >= 4 is 65.7 Å². The molecule has 0 aromatic rings. The highest BCUT2D eigenvalue weighted by Crippen LogP contribution is 2.75. The van der Waals surface area contributed by atoms with Gasteiger partial charge in [0.25, 0.3) is 0 Å². The molecule has 4 aliphatic carbocycles. The average Bonchev–Trinajstić information content (AvgIpc) is 3.19. The fourth-order valence-electron chi connectivity index (χ4n) is 10.4. The first-order valence-corrected chi connectivity index (χ1v) is 20.0. The molecule has 0 aromatic carbocycles. The zero-order valence-electron chi connectivity index (χ0n) is 30.0. The second kappa shape index (κ2) is 13.9. The molecule has 1 N–H and O–H groups in total. The van der Waals surface area contributed by atoms with Crippen LogP contribution in [0, 0.1) is 45.3 Å². The van der Waals surface area contributed by atoms with Crippen LogP contribution < -0.4 is 0 Å². The summed E-state index contributed by atoms with van der Waals surface area (Å²) in [6.07, 6.45) is 5.72.